The van der Waals surface area contributed by atoms with E-state index in [1.165, 1.54) is 0 Å². The number of amides is 3. The van der Waals surface area contributed by atoms with Gasteiger partial charge in [-0.3, -0.25) is 4.79 Å². The van der Waals surface area contributed by atoms with Gasteiger partial charge in [-0.15, -0.1) is 0 Å². The fraction of sp³-hybridized carbons (Fsp3) is 0.562. The number of fused-ring (bicyclic) bond motifs is 1. The van der Waals surface area contributed by atoms with Crippen molar-refractivity contribution in [1.29, 1.82) is 0 Å². The minimum absolute atomic E-state index is 0.0186. The van der Waals surface area contributed by atoms with Crippen LogP contribution < -0.4 is 16.5 Å². The first kappa shape index (κ1) is 17.1. The zero-order chi connectivity index (χ0) is 17.4. The Morgan fingerprint density at radius 3 is 2.52 bits per heavy atom. The Morgan fingerprint density at radius 1 is 1.30 bits per heavy atom. The molecule has 1 aromatic heterocycles. The van der Waals surface area contributed by atoms with E-state index in [9.17, 15) is 9.59 Å². The quantitative estimate of drug-likeness (QED) is 0.741. The largest absolute Gasteiger partial charge is 0.455 e. The summed E-state index contributed by atoms with van der Waals surface area (Å²) in [5, 5.41) is 6.95. The molecule has 7 heteroatoms. The van der Waals surface area contributed by atoms with Crippen molar-refractivity contribution < 1.29 is 14.0 Å². The summed E-state index contributed by atoms with van der Waals surface area (Å²) < 4.78 is 5.84. The Hall–Kier alpha value is -2.31. The Morgan fingerprint density at radius 2 is 1.96 bits per heavy atom. The number of hydrogen-bond donors (Lipinski definition) is 3. The van der Waals surface area contributed by atoms with Crippen molar-refractivity contribution in [2.45, 2.75) is 53.5 Å². The summed E-state index contributed by atoms with van der Waals surface area (Å²) in [5.74, 6) is 0.776. The second-order valence-electron chi connectivity index (χ2n) is 7.03. The molecule has 0 unspecified atom stereocenters. The zero-order valence-electron chi connectivity index (χ0n) is 14.2. The first-order chi connectivity index (χ1) is 10.6. The first-order valence-corrected chi connectivity index (χ1v) is 7.66. The van der Waals surface area contributed by atoms with E-state index in [1.54, 1.807) is 0 Å². The number of primary amides is 1. The summed E-state index contributed by atoms with van der Waals surface area (Å²) in [6, 6.07) is -0.702. The van der Waals surface area contributed by atoms with Gasteiger partial charge in [0.05, 0.1) is 5.71 Å². The van der Waals surface area contributed by atoms with E-state index in [-0.39, 0.29) is 17.4 Å². The van der Waals surface area contributed by atoms with E-state index in [0.717, 1.165) is 16.9 Å². The highest BCUT2D eigenvalue weighted by atomic mass is 16.4. The van der Waals surface area contributed by atoms with Crippen LogP contribution in [0.15, 0.2) is 9.52 Å². The molecule has 1 aliphatic carbocycles. The monoisotopic (exact) mass is 320 g/mol. The van der Waals surface area contributed by atoms with Gasteiger partial charge < -0.3 is 15.5 Å². The lowest BCUT2D eigenvalue weighted by Gasteiger charge is -2.29. The molecule has 1 aliphatic rings. The predicted molar refractivity (Wildman–Crippen MR) is 87.4 cm³/mol. The van der Waals surface area contributed by atoms with Gasteiger partial charge in [0.25, 0.3) is 5.91 Å². The smallest absolute Gasteiger partial charge is 0.332 e. The molecule has 0 atom stereocenters. The van der Waals surface area contributed by atoms with Gasteiger partial charge in [-0.05, 0) is 32.6 Å². The van der Waals surface area contributed by atoms with Crippen LogP contribution in [0.2, 0.25) is 0 Å². The van der Waals surface area contributed by atoms with Crippen molar-refractivity contribution in [2.24, 2.45) is 16.3 Å². The molecule has 0 aromatic carbocycles. The average molecular weight is 320 g/mol. The molecule has 0 spiro atoms. The van der Waals surface area contributed by atoms with Crippen molar-refractivity contribution in [3.8, 4) is 0 Å². The zero-order valence-corrected chi connectivity index (χ0v) is 14.2. The van der Waals surface area contributed by atoms with Crippen molar-refractivity contribution in [3.63, 3.8) is 0 Å². The number of nitrogens with zero attached hydrogens (tertiary/aromatic N) is 1. The lowest BCUT2D eigenvalue weighted by molar-refractivity contribution is 0.0911. The number of hydrazone groups is 1. The number of nitrogens with two attached hydrogens (primary N) is 1. The third-order valence-corrected chi connectivity index (χ3v) is 3.72. The topological polar surface area (TPSA) is 110 Å². The highest BCUT2D eigenvalue weighted by Gasteiger charge is 2.36. The van der Waals surface area contributed by atoms with Gasteiger partial charge in [0.2, 0.25) is 0 Å². The van der Waals surface area contributed by atoms with Gasteiger partial charge in [-0.25, -0.2) is 10.2 Å². The van der Waals surface area contributed by atoms with E-state index in [0.29, 0.717) is 24.3 Å². The number of furan rings is 1. The first-order valence-electron chi connectivity index (χ1n) is 7.66. The Kier molecular flexibility index (Phi) is 4.49. The average Bonchev–Trinajstić information content (AvgIpc) is 2.70. The van der Waals surface area contributed by atoms with Crippen molar-refractivity contribution in [3.05, 3.63) is 22.6 Å². The van der Waals surface area contributed by atoms with Crippen LogP contribution in [-0.2, 0) is 6.42 Å². The maximum atomic E-state index is 12.3. The molecule has 0 aliphatic heterocycles. The van der Waals surface area contributed by atoms with E-state index in [2.05, 4.69) is 29.7 Å². The highest BCUT2D eigenvalue weighted by Crippen LogP contribution is 2.38. The van der Waals surface area contributed by atoms with Gasteiger partial charge >= 0.3 is 6.03 Å². The van der Waals surface area contributed by atoms with Crippen LogP contribution in [0.25, 0.3) is 0 Å². The van der Waals surface area contributed by atoms with Crippen LogP contribution >= 0.6 is 0 Å². The number of nitrogens with one attached hydrogen (secondary N) is 2. The number of rotatable bonds is 3. The Balaban J connectivity index is 2.47. The molecule has 23 heavy (non-hydrogen) atoms. The molecule has 1 heterocycles. The van der Waals surface area contributed by atoms with Gasteiger partial charge in [-0.2, -0.15) is 5.10 Å². The van der Waals surface area contributed by atoms with E-state index in [1.807, 2.05) is 20.8 Å². The number of carbonyl (C=O) groups excluding carboxylic acids is 2. The van der Waals surface area contributed by atoms with Crippen LogP contribution in [-0.4, -0.2) is 23.7 Å². The maximum Gasteiger partial charge on any atom is 0.332 e. The molecule has 0 bridgehead atoms. The molecule has 0 fully saturated rings. The molecule has 7 nitrogen and oxygen atoms in total. The van der Waals surface area contributed by atoms with E-state index >= 15 is 0 Å². The van der Waals surface area contributed by atoms with Crippen molar-refractivity contribution in [2.75, 3.05) is 0 Å². The molecule has 2 rings (SSSR count). The van der Waals surface area contributed by atoms with Crippen LogP contribution in [0.1, 0.15) is 61.6 Å². The molecule has 1 aromatic rings. The third-order valence-electron chi connectivity index (χ3n) is 3.72. The molecule has 0 saturated carbocycles. The fourth-order valence-electron chi connectivity index (χ4n) is 2.88. The minimum atomic E-state index is -0.721. The van der Waals surface area contributed by atoms with Crippen LogP contribution in [0.4, 0.5) is 4.79 Å². The molecular formula is C16H24N4O3. The summed E-state index contributed by atoms with van der Waals surface area (Å²) in [4.78, 5) is 23.2. The molecule has 0 radical (unpaired) electrons. The third kappa shape index (κ3) is 3.72. The summed E-state index contributed by atoms with van der Waals surface area (Å²) in [6.07, 6.45) is 1.36. The van der Waals surface area contributed by atoms with Gasteiger partial charge in [-0.1, -0.05) is 13.8 Å². The van der Waals surface area contributed by atoms with Gasteiger partial charge in [0.15, 0.2) is 5.76 Å². The number of carbonyl (C=O) groups is 2. The maximum absolute atomic E-state index is 12.3. The Bertz CT molecular complexity index is 671. The normalized spacial score (nSPS) is 17.9. The van der Waals surface area contributed by atoms with Crippen molar-refractivity contribution >= 4 is 17.6 Å². The summed E-state index contributed by atoms with van der Waals surface area (Å²) in [6.45, 7) is 9.78. The predicted octanol–water partition coefficient (Wildman–Crippen LogP) is 2.07. The van der Waals surface area contributed by atoms with Crippen LogP contribution in [0.3, 0.4) is 0 Å². The van der Waals surface area contributed by atoms with Crippen molar-refractivity contribution in [1.82, 2.24) is 10.7 Å². The molecule has 126 valence electrons. The minimum Gasteiger partial charge on any atom is -0.455 e. The highest BCUT2D eigenvalue weighted by molar-refractivity contribution is 6.07. The standard InChI is InChI=1S/C16H24N4O3/c1-8(2)18-14(21)13-9(3)12-10(19-20-15(17)22)6-16(4,5)7-11(12)23-13/h8H,6-7H2,1-5H3,(H,18,21)(H3,17,20,22)/b19-10-. The fourth-order valence-corrected chi connectivity index (χ4v) is 2.88. The summed E-state index contributed by atoms with van der Waals surface area (Å²) in [7, 11) is 0. The van der Waals surface area contributed by atoms with Crippen LogP contribution in [0, 0.1) is 12.3 Å². The summed E-state index contributed by atoms with van der Waals surface area (Å²) >= 11 is 0. The number of hydrogen-bond acceptors (Lipinski definition) is 4. The summed E-state index contributed by atoms with van der Waals surface area (Å²) in [5.41, 5.74) is 9.51. The Labute approximate surface area is 135 Å². The molecule has 0 saturated heterocycles. The lowest BCUT2D eigenvalue weighted by atomic mass is 9.75. The lowest BCUT2D eigenvalue weighted by Crippen LogP contribution is -2.31. The second-order valence-corrected chi connectivity index (χ2v) is 7.03. The molecule has 4 N–H and O–H groups in total. The number of urea groups is 1. The van der Waals surface area contributed by atoms with Gasteiger partial charge in [0, 0.05) is 23.6 Å². The SMILES string of the molecule is Cc1c(C(=O)NC(C)C)oc2c1/C(=N\NC(N)=O)CC(C)(C)C2. The molecular weight excluding hydrogens is 296 g/mol. The van der Waals surface area contributed by atoms with E-state index < -0.39 is 6.03 Å². The van der Waals surface area contributed by atoms with Gasteiger partial charge in [0.1, 0.15) is 5.76 Å². The molecule has 3 amide bonds. The second kappa shape index (κ2) is 6.06. The van der Waals surface area contributed by atoms with Crippen LogP contribution in [0.5, 0.6) is 0 Å². The van der Waals surface area contributed by atoms with E-state index in [4.69, 9.17) is 10.2 Å².